The topological polar surface area (TPSA) is 108 Å². The van der Waals surface area contributed by atoms with Crippen LogP contribution in [0.5, 0.6) is 0 Å². The molecule has 0 spiro atoms. The summed E-state index contributed by atoms with van der Waals surface area (Å²) in [4.78, 5) is 48.5. The number of benzene rings is 1. The van der Waals surface area contributed by atoms with Crippen molar-refractivity contribution in [3.63, 3.8) is 0 Å². The number of amides is 6. The smallest absolute Gasteiger partial charge is 0.325 e. The molecule has 1 aromatic rings. The van der Waals surface area contributed by atoms with Gasteiger partial charge in [0.25, 0.3) is 5.91 Å². The molecule has 8 heteroatoms. The highest BCUT2D eigenvalue weighted by Crippen LogP contribution is 2.32. The second kappa shape index (κ2) is 6.47. The Morgan fingerprint density at radius 2 is 1.87 bits per heavy atom. The van der Waals surface area contributed by atoms with Gasteiger partial charge in [-0.15, -0.1) is 0 Å². The molecule has 8 nitrogen and oxygen atoms in total. The van der Waals surface area contributed by atoms with Gasteiger partial charge in [-0.2, -0.15) is 0 Å². The molecule has 122 valence electrons. The van der Waals surface area contributed by atoms with Gasteiger partial charge in [0.1, 0.15) is 12.1 Å². The fraction of sp³-hybridized carbons (Fsp3) is 0.333. The molecule has 1 aliphatic rings. The van der Waals surface area contributed by atoms with E-state index in [9.17, 15) is 19.2 Å². The molecule has 0 aliphatic carbocycles. The van der Waals surface area contributed by atoms with Crippen LogP contribution in [0.15, 0.2) is 30.3 Å². The highest BCUT2D eigenvalue weighted by Gasteiger charge is 2.51. The summed E-state index contributed by atoms with van der Waals surface area (Å²) < 4.78 is 0. The lowest BCUT2D eigenvalue weighted by molar-refractivity contribution is -0.135. The largest absolute Gasteiger partial charge is 0.341 e. The van der Waals surface area contributed by atoms with Gasteiger partial charge in [-0.05, 0) is 12.0 Å². The van der Waals surface area contributed by atoms with E-state index >= 15 is 0 Å². The van der Waals surface area contributed by atoms with E-state index in [0.29, 0.717) is 12.0 Å². The number of urea groups is 2. The number of nitrogens with one attached hydrogen (secondary N) is 3. The van der Waals surface area contributed by atoms with Crippen molar-refractivity contribution in [2.45, 2.75) is 18.9 Å². The zero-order valence-electron chi connectivity index (χ0n) is 12.9. The van der Waals surface area contributed by atoms with Crippen molar-refractivity contribution in [1.82, 2.24) is 20.9 Å². The van der Waals surface area contributed by atoms with Gasteiger partial charge in [0.15, 0.2) is 0 Å². The van der Waals surface area contributed by atoms with Crippen LogP contribution >= 0.6 is 0 Å². The first kappa shape index (κ1) is 16.5. The average molecular weight is 318 g/mol. The quantitative estimate of drug-likeness (QED) is 0.694. The van der Waals surface area contributed by atoms with Gasteiger partial charge in [-0.1, -0.05) is 37.3 Å². The minimum Gasteiger partial charge on any atom is -0.341 e. The van der Waals surface area contributed by atoms with Crippen LogP contribution in [0.3, 0.4) is 0 Å². The summed E-state index contributed by atoms with van der Waals surface area (Å²) in [6, 6.07) is 7.48. The van der Waals surface area contributed by atoms with Gasteiger partial charge in [0, 0.05) is 7.05 Å². The molecule has 0 bridgehead atoms. The Bertz CT molecular complexity index is 646. The van der Waals surface area contributed by atoms with Gasteiger partial charge in [0.05, 0.1) is 0 Å². The lowest BCUT2D eigenvalue weighted by Gasteiger charge is -2.25. The van der Waals surface area contributed by atoms with Gasteiger partial charge in [-0.3, -0.25) is 19.8 Å². The predicted octanol–water partition coefficient (Wildman–Crippen LogP) is 0.299. The molecule has 1 aliphatic heterocycles. The first-order valence-corrected chi connectivity index (χ1v) is 7.15. The molecule has 0 aromatic heterocycles. The Labute approximate surface area is 133 Å². The second-order valence-corrected chi connectivity index (χ2v) is 5.07. The summed E-state index contributed by atoms with van der Waals surface area (Å²) in [6.07, 6.45) is 0.342. The van der Waals surface area contributed by atoms with Gasteiger partial charge in [0.2, 0.25) is 5.91 Å². The summed E-state index contributed by atoms with van der Waals surface area (Å²) >= 11 is 0. The van der Waals surface area contributed by atoms with Crippen molar-refractivity contribution in [2.24, 2.45) is 0 Å². The van der Waals surface area contributed by atoms with Crippen LogP contribution in [0.4, 0.5) is 9.59 Å². The third kappa shape index (κ3) is 3.01. The molecule has 1 fully saturated rings. The number of carbonyl (C=O) groups is 4. The normalized spacial score (nSPS) is 20.2. The van der Waals surface area contributed by atoms with Crippen LogP contribution in [0.2, 0.25) is 0 Å². The van der Waals surface area contributed by atoms with Crippen molar-refractivity contribution in [3.8, 4) is 0 Å². The molecule has 23 heavy (non-hydrogen) atoms. The molecule has 1 unspecified atom stereocenters. The van der Waals surface area contributed by atoms with Crippen molar-refractivity contribution in [3.05, 3.63) is 35.9 Å². The third-order valence-electron chi connectivity index (χ3n) is 3.75. The van der Waals surface area contributed by atoms with Crippen LogP contribution < -0.4 is 16.0 Å². The molecule has 3 N–H and O–H groups in total. The Hall–Kier alpha value is -2.90. The van der Waals surface area contributed by atoms with Crippen LogP contribution in [-0.2, 0) is 15.1 Å². The molecule has 2 rings (SSSR count). The molecular weight excluding hydrogens is 300 g/mol. The number of carbonyl (C=O) groups excluding carboxylic acids is 4. The monoisotopic (exact) mass is 318 g/mol. The standard InChI is InChI=1S/C15H18N4O4/c1-3-15(10-7-5-4-6-8-10)12(21)19(14(23)18-15)9-11(20)17-13(22)16-2/h4-8H,3,9H2,1-2H3,(H,18,23)(H2,16,17,20,22). The maximum Gasteiger partial charge on any atom is 0.325 e. The first-order chi connectivity index (χ1) is 10.9. The van der Waals surface area contributed by atoms with E-state index in [4.69, 9.17) is 0 Å². The Balaban J connectivity index is 2.22. The minimum absolute atomic E-state index is 0.342. The second-order valence-electron chi connectivity index (χ2n) is 5.07. The van der Waals surface area contributed by atoms with Crippen LogP contribution in [-0.4, -0.2) is 42.4 Å². The average Bonchev–Trinajstić information content (AvgIpc) is 2.80. The number of imide groups is 2. The minimum atomic E-state index is -1.19. The summed E-state index contributed by atoms with van der Waals surface area (Å²) in [5, 5.41) is 6.90. The first-order valence-electron chi connectivity index (χ1n) is 7.15. The maximum atomic E-state index is 12.7. The Morgan fingerprint density at radius 1 is 1.22 bits per heavy atom. The molecular formula is C15H18N4O4. The zero-order valence-corrected chi connectivity index (χ0v) is 12.9. The summed E-state index contributed by atoms with van der Waals surface area (Å²) in [5.74, 6) is -1.25. The third-order valence-corrected chi connectivity index (χ3v) is 3.75. The van der Waals surface area contributed by atoms with E-state index in [1.165, 1.54) is 7.05 Å². The van der Waals surface area contributed by atoms with E-state index in [0.717, 1.165) is 4.90 Å². The van der Waals surface area contributed by atoms with Gasteiger partial charge < -0.3 is 10.6 Å². The Kier molecular flexibility index (Phi) is 4.63. The van der Waals surface area contributed by atoms with E-state index in [1.54, 1.807) is 31.2 Å². The zero-order chi connectivity index (χ0) is 17.0. The van der Waals surface area contributed by atoms with Gasteiger partial charge >= 0.3 is 12.1 Å². The fourth-order valence-corrected chi connectivity index (χ4v) is 2.50. The number of hydrogen-bond donors (Lipinski definition) is 3. The predicted molar refractivity (Wildman–Crippen MR) is 81.3 cm³/mol. The highest BCUT2D eigenvalue weighted by molar-refractivity contribution is 6.10. The molecule has 0 radical (unpaired) electrons. The van der Waals surface area contributed by atoms with Crippen LogP contribution in [0.1, 0.15) is 18.9 Å². The summed E-state index contributed by atoms with van der Waals surface area (Å²) in [6.45, 7) is 1.26. The number of rotatable bonds is 4. The molecule has 6 amide bonds. The molecule has 1 saturated heterocycles. The van der Waals surface area contributed by atoms with Crippen molar-refractivity contribution in [2.75, 3.05) is 13.6 Å². The molecule has 1 aromatic carbocycles. The van der Waals surface area contributed by atoms with Crippen LogP contribution in [0.25, 0.3) is 0 Å². The van der Waals surface area contributed by atoms with Crippen LogP contribution in [0, 0.1) is 0 Å². The summed E-state index contributed by atoms with van der Waals surface area (Å²) in [5.41, 5.74) is -0.541. The maximum absolute atomic E-state index is 12.7. The molecule has 1 heterocycles. The summed E-state index contributed by atoms with van der Waals surface area (Å²) in [7, 11) is 1.36. The van der Waals surface area contributed by atoms with Crippen molar-refractivity contribution in [1.29, 1.82) is 0 Å². The Morgan fingerprint density at radius 3 is 2.43 bits per heavy atom. The number of nitrogens with zero attached hydrogens (tertiary/aromatic N) is 1. The molecule has 0 saturated carbocycles. The highest BCUT2D eigenvalue weighted by atomic mass is 16.2. The SMILES string of the molecule is CCC1(c2ccccc2)NC(=O)N(CC(=O)NC(=O)NC)C1=O. The fourth-order valence-electron chi connectivity index (χ4n) is 2.50. The van der Waals surface area contributed by atoms with Crippen molar-refractivity contribution >= 4 is 23.9 Å². The van der Waals surface area contributed by atoms with Gasteiger partial charge in [-0.25, -0.2) is 9.59 Å². The van der Waals surface area contributed by atoms with Crippen molar-refractivity contribution < 1.29 is 19.2 Å². The lowest BCUT2D eigenvalue weighted by atomic mass is 9.87. The van der Waals surface area contributed by atoms with E-state index in [1.807, 2.05) is 11.4 Å². The van der Waals surface area contributed by atoms with E-state index in [2.05, 4.69) is 10.6 Å². The number of hydrogen-bond acceptors (Lipinski definition) is 4. The lowest BCUT2D eigenvalue weighted by Crippen LogP contribution is -2.46. The van der Waals surface area contributed by atoms with E-state index < -0.39 is 36.0 Å². The van der Waals surface area contributed by atoms with E-state index in [-0.39, 0.29) is 0 Å². The molecule has 1 atom stereocenters.